The van der Waals surface area contributed by atoms with Crippen molar-refractivity contribution in [1.29, 1.82) is 5.26 Å². The summed E-state index contributed by atoms with van der Waals surface area (Å²) in [6.45, 7) is 0. The number of carboxylic acids is 1. The number of hydrogen-bond donors (Lipinski definition) is 2. The van der Waals surface area contributed by atoms with Crippen LogP contribution in [-0.4, -0.2) is 16.1 Å². The minimum Gasteiger partial charge on any atom is -0.477 e. The molecule has 0 saturated carbocycles. The molecule has 0 radical (unpaired) electrons. The summed E-state index contributed by atoms with van der Waals surface area (Å²) in [7, 11) is 0. The molecule has 0 saturated heterocycles. The molecule has 0 spiro atoms. The van der Waals surface area contributed by atoms with Gasteiger partial charge >= 0.3 is 5.97 Å². The van der Waals surface area contributed by atoms with Crippen LogP contribution in [0.5, 0.6) is 0 Å². The SMILES string of the molecule is N#Cc1c(C(F)F)[nH]c(C(=O)O)cc1=O. The number of aromatic amines is 1. The van der Waals surface area contributed by atoms with Crippen LogP contribution in [0.2, 0.25) is 0 Å². The highest BCUT2D eigenvalue weighted by atomic mass is 19.3. The van der Waals surface area contributed by atoms with Gasteiger partial charge in [-0.15, -0.1) is 0 Å². The number of alkyl halides is 2. The fourth-order valence-corrected chi connectivity index (χ4v) is 0.974. The maximum Gasteiger partial charge on any atom is 0.352 e. The summed E-state index contributed by atoms with van der Waals surface area (Å²) in [6, 6.07) is 1.88. The number of aromatic carboxylic acids is 1. The van der Waals surface area contributed by atoms with Crippen molar-refractivity contribution in [2.45, 2.75) is 6.43 Å². The van der Waals surface area contributed by atoms with E-state index < -0.39 is 34.8 Å². The summed E-state index contributed by atoms with van der Waals surface area (Å²) in [5.41, 5.74) is -3.45. The zero-order valence-corrected chi connectivity index (χ0v) is 7.12. The zero-order valence-electron chi connectivity index (χ0n) is 7.12. The number of aromatic nitrogens is 1. The molecule has 1 rings (SSSR count). The molecule has 1 heterocycles. The molecule has 1 aromatic rings. The van der Waals surface area contributed by atoms with Gasteiger partial charge in [0, 0.05) is 6.07 Å². The van der Waals surface area contributed by atoms with E-state index in [4.69, 9.17) is 10.4 Å². The number of carbonyl (C=O) groups is 1. The normalized spacial score (nSPS) is 10.0. The van der Waals surface area contributed by atoms with Gasteiger partial charge in [0.15, 0.2) is 0 Å². The van der Waals surface area contributed by atoms with Crippen molar-refractivity contribution in [3.05, 3.63) is 33.2 Å². The topological polar surface area (TPSA) is 93.9 Å². The van der Waals surface area contributed by atoms with E-state index in [0.29, 0.717) is 6.07 Å². The van der Waals surface area contributed by atoms with Crippen LogP contribution in [0.4, 0.5) is 8.78 Å². The molecule has 0 atom stereocenters. The van der Waals surface area contributed by atoms with Gasteiger partial charge in [-0.1, -0.05) is 0 Å². The van der Waals surface area contributed by atoms with Gasteiger partial charge in [-0.2, -0.15) is 5.26 Å². The van der Waals surface area contributed by atoms with Gasteiger partial charge in [0.1, 0.15) is 23.0 Å². The van der Waals surface area contributed by atoms with Gasteiger partial charge in [-0.3, -0.25) is 4.79 Å². The Morgan fingerprint density at radius 1 is 1.60 bits per heavy atom. The lowest BCUT2D eigenvalue weighted by Crippen LogP contribution is -2.16. The molecule has 0 aliphatic rings. The second-order valence-corrected chi connectivity index (χ2v) is 2.55. The quantitative estimate of drug-likeness (QED) is 0.764. The Balaban J connectivity index is 3.55. The molecule has 0 aromatic carbocycles. The smallest absolute Gasteiger partial charge is 0.352 e. The molecule has 78 valence electrons. The van der Waals surface area contributed by atoms with Crippen molar-refractivity contribution in [2.24, 2.45) is 0 Å². The average molecular weight is 214 g/mol. The van der Waals surface area contributed by atoms with E-state index in [9.17, 15) is 18.4 Å². The van der Waals surface area contributed by atoms with E-state index in [1.54, 1.807) is 0 Å². The van der Waals surface area contributed by atoms with Crippen molar-refractivity contribution >= 4 is 5.97 Å². The predicted octanol–water partition coefficient (Wildman–Crippen LogP) is 0.882. The third-order valence-electron chi connectivity index (χ3n) is 1.62. The monoisotopic (exact) mass is 214 g/mol. The first-order valence-electron chi connectivity index (χ1n) is 3.66. The Kier molecular flexibility index (Phi) is 2.80. The summed E-state index contributed by atoms with van der Waals surface area (Å²) in [4.78, 5) is 23.3. The Labute approximate surface area is 81.6 Å². The molecule has 1 aromatic heterocycles. The molecular formula is C8H4F2N2O3. The molecule has 0 amide bonds. The number of rotatable bonds is 2. The fourth-order valence-electron chi connectivity index (χ4n) is 0.974. The summed E-state index contributed by atoms with van der Waals surface area (Å²) in [6.07, 6.45) is -3.10. The van der Waals surface area contributed by atoms with Crippen LogP contribution < -0.4 is 5.43 Å². The van der Waals surface area contributed by atoms with Crippen molar-refractivity contribution in [1.82, 2.24) is 4.98 Å². The van der Waals surface area contributed by atoms with Crippen LogP contribution in [0, 0.1) is 11.3 Å². The van der Waals surface area contributed by atoms with E-state index in [-0.39, 0.29) is 0 Å². The number of carboxylic acid groups (broad SMARTS) is 1. The average Bonchev–Trinajstić information content (AvgIpc) is 2.16. The standard InChI is InChI=1S/C8H4F2N2O3/c9-7(10)6-3(2-11)5(13)1-4(12-6)8(14)15/h1,7H,(H,12,13)(H,14,15). The Hall–Kier alpha value is -2.23. The third kappa shape index (κ3) is 1.99. The van der Waals surface area contributed by atoms with Crippen molar-refractivity contribution in [3.8, 4) is 6.07 Å². The van der Waals surface area contributed by atoms with Gasteiger partial charge in [0.05, 0.1) is 0 Å². The van der Waals surface area contributed by atoms with Crippen LogP contribution in [0.25, 0.3) is 0 Å². The first-order valence-corrected chi connectivity index (χ1v) is 3.66. The molecule has 0 fully saturated rings. The minimum atomic E-state index is -3.10. The molecule has 0 bridgehead atoms. The lowest BCUT2D eigenvalue weighted by atomic mass is 10.2. The maximum absolute atomic E-state index is 12.3. The van der Waals surface area contributed by atoms with Crippen molar-refractivity contribution < 1.29 is 18.7 Å². The number of nitrogens with zero attached hydrogens (tertiary/aromatic N) is 1. The Morgan fingerprint density at radius 2 is 2.20 bits per heavy atom. The molecule has 5 nitrogen and oxygen atoms in total. The second kappa shape index (κ2) is 3.88. The first-order chi connectivity index (χ1) is 6.97. The maximum atomic E-state index is 12.3. The molecule has 2 N–H and O–H groups in total. The Morgan fingerprint density at radius 3 is 2.60 bits per heavy atom. The molecule has 0 unspecified atom stereocenters. The van der Waals surface area contributed by atoms with Crippen molar-refractivity contribution in [2.75, 3.05) is 0 Å². The zero-order chi connectivity index (χ0) is 11.6. The third-order valence-corrected chi connectivity index (χ3v) is 1.62. The largest absolute Gasteiger partial charge is 0.477 e. The van der Waals surface area contributed by atoms with Gasteiger partial charge in [0.25, 0.3) is 6.43 Å². The van der Waals surface area contributed by atoms with Crippen LogP contribution in [-0.2, 0) is 0 Å². The van der Waals surface area contributed by atoms with Gasteiger partial charge < -0.3 is 10.1 Å². The Bertz CT molecular complexity index is 502. The lowest BCUT2D eigenvalue weighted by molar-refractivity contribution is 0.0688. The van der Waals surface area contributed by atoms with Gasteiger partial charge in [-0.05, 0) is 0 Å². The predicted molar refractivity (Wildman–Crippen MR) is 43.7 cm³/mol. The molecule has 0 aliphatic carbocycles. The number of nitriles is 1. The van der Waals surface area contributed by atoms with E-state index in [1.807, 2.05) is 4.98 Å². The van der Waals surface area contributed by atoms with E-state index in [0.717, 1.165) is 0 Å². The summed E-state index contributed by atoms with van der Waals surface area (Å²) >= 11 is 0. The highest BCUT2D eigenvalue weighted by Crippen LogP contribution is 2.18. The number of nitrogens with one attached hydrogen (secondary N) is 1. The minimum absolute atomic E-state index is 0.590. The van der Waals surface area contributed by atoms with Crippen LogP contribution in [0.15, 0.2) is 10.9 Å². The van der Waals surface area contributed by atoms with Crippen LogP contribution in [0.1, 0.15) is 28.2 Å². The molecule has 0 aliphatic heterocycles. The van der Waals surface area contributed by atoms with E-state index >= 15 is 0 Å². The van der Waals surface area contributed by atoms with E-state index in [1.165, 1.54) is 6.07 Å². The van der Waals surface area contributed by atoms with Gasteiger partial charge in [-0.25, -0.2) is 13.6 Å². The molecular weight excluding hydrogens is 210 g/mol. The summed E-state index contributed by atoms with van der Waals surface area (Å²) < 4.78 is 24.6. The highest BCUT2D eigenvalue weighted by molar-refractivity contribution is 5.85. The van der Waals surface area contributed by atoms with Gasteiger partial charge in [0.2, 0.25) is 5.43 Å². The number of hydrogen-bond acceptors (Lipinski definition) is 3. The first kappa shape index (κ1) is 10.8. The highest BCUT2D eigenvalue weighted by Gasteiger charge is 2.19. The van der Waals surface area contributed by atoms with Crippen molar-refractivity contribution in [3.63, 3.8) is 0 Å². The lowest BCUT2D eigenvalue weighted by Gasteiger charge is -2.03. The number of H-pyrrole nitrogens is 1. The van der Waals surface area contributed by atoms with Crippen LogP contribution >= 0.6 is 0 Å². The van der Waals surface area contributed by atoms with Crippen LogP contribution in [0.3, 0.4) is 0 Å². The number of pyridine rings is 1. The molecule has 7 heteroatoms. The summed E-state index contributed by atoms with van der Waals surface area (Å²) in [5, 5.41) is 16.9. The number of halogens is 2. The van der Waals surface area contributed by atoms with E-state index in [2.05, 4.69) is 0 Å². The fraction of sp³-hybridized carbons (Fsp3) is 0.125. The second-order valence-electron chi connectivity index (χ2n) is 2.55. The molecule has 15 heavy (non-hydrogen) atoms. The summed E-state index contributed by atoms with van der Waals surface area (Å²) in [5.74, 6) is -1.54.